The number of fused-ring (bicyclic) bond motifs is 7. The molecule has 3 saturated carbocycles. The van der Waals surface area contributed by atoms with Crippen molar-refractivity contribution in [3.63, 3.8) is 0 Å². The number of carbonyl (C=O) groups is 2. The van der Waals surface area contributed by atoms with Gasteiger partial charge < -0.3 is 24.8 Å². The Bertz CT molecular complexity index is 1560. The van der Waals surface area contributed by atoms with Crippen LogP contribution in [0.1, 0.15) is 73.6 Å². The number of hydrogen-bond acceptors (Lipinski definition) is 7. The van der Waals surface area contributed by atoms with Gasteiger partial charge in [-0.3, -0.25) is 9.59 Å². The number of Topliss-reactive ketones (excluding diaryl/α,β-unsaturated/α-hetero) is 1. The average molecular weight is 599 g/mol. The molecular formula is C37H42O7. The molecule has 9 atom stereocenters. The highest BCUT2D eigenvalue weighted by Gasteiger charge is 2.75. The summed E-state index contributed by atoms with van der Waals surface area (Å²) in [5.74, 6) is -0.272. The number of benzene rings is 2. The zero-order chi connectivity index (χ0) is 31.0. The SMILES string of the molecule is Cc1cc(Cc2ccc([C@@H]3O[C@@H]4C[C@H]5[C@@H]6CCC7=CC(=O)C=C[C@]7(C)[C@H]6[C@@H](O)C[C@]5(C)[C@]4(C(=O)CO)O3)cc2)ccc1CO. The van der Waals surface area contributed by atoms with Gasteiger partial charge in [-0.05, 0) is 85.3 Å². The molecule has 0 unspecified atom stereocenters. The summed E-state index contributed by atoms with van der Waals surface area (Å²) in [6.45, 7) is 5.56. The van der Waals surface area contributed by atoms with E-state index in [4.69, 9.17) is 9.47 Å². The third kappa shape index (κ3) is 4.20. The number of hydrogen-bond donors (Lipinski definition) is 3. The number of ether oxygens (including phenoxy) is 2. The number of aryl methyl sites for hydroxylation is 1. The van der Waals surface area contributed by atoms with Crippen LogP contribution in [0.15, 0.2) is 66.3 Å². The Kier molecular flexibility index (Phi) is 7.14. The van der Waals surface area contributed by atoms with Crippen LogP contribution in [-0.4, -0.2) is 51.3 Å². The zero-order valence-corrected chi connectivity index (χ0v) is 25.7. The highest BCUT2D eigenvalue weighted by Crippen LogP contribution is 2.70. The van der Waals surface area contributed by atoms with Crippen molar-refractivity contribution in [3.8, 4) is 0 Å². The van der Waals surface area contributed by atoms with Crippen LogP contribution >= 0.6 is 0 Å². The molecule has 4 fully saturated rings. The maximum absolute atomic E-state index is 13.8. The average Bonchev–Trinajstić information content (AvgIpc) is 3.50. The Morgan fingerprint density at radius 2 is 1.82 bits per heavy atom. The summed E-state index contributed by atoms with van der Waals surface area (Å²) in [5, 5.41) is 31.5. The third-order valence-electron chi connectivity index (χ3n) is 12.0. The van der Waals surface area contributed by atoms with E-state index in [0.717, 1.165) is 52.7 Å². The Labute approximate surface area is 258 Å². The van der Waals surface area contributed by atoms with Crippen molar-refractivity contribution in [2.75, 3.05) is 6.61 Å². The third-order valence-corrected chi connectivity index (χ3v) is 12.0. The summed E-state index contributed by atoms with van der Waals surface area (Å²) in [6.07, 6.45) is 6.68. The first kappa shape index (κ1) is 29.8. The van der Waals surface area contributed by atoms with Crippen LogP contribution in [0.5, 0.6) is 0 Å². The van der Waals surface area contributed by atoms with Gasteiger partial charge in [-0.2, -0.15) is 0 Å². The Balaban J connectivity index is 1.15. The van der Waals surface area contributed by atoms with E-state index in [0.29, 0.717) is 12.8 Å². The predicted octanol–water partition coefficient (Wildman–Crippen LogP) is 4.68. The zero-order valence-electron chi connectivity index (χ0n) is 25.7. The molecule has 0 aromatic heterocycles. The van der Waals surface area contributed by atoms with Gasteiger partial charge in [0.05, 0.1) is 18.8 Å². The van der Waals surface area contributed by atoms with Gasteiger partial charge in [-0.25, -0.2) is 0 Å². The van der Waals surface area contributed by atoms with Crippen LogP contribution < -0.4 is 0 Å². The topological polar surface area (TPSA) is 113 Å². The first-order valence-corrected chi connectivity index (χ1v) is 15.9. The minimum atomic E-state index is -1.36. The summed E-state index contributed by atoms with van der Waals surface area (Å²) in [4.78, 5) is 25.9. The molecule has 7 nitrogen and oxygen atoms in total. The van der Waals surface area contributed by atoms with Gasteiger partial charge in [0.25, 0.3) is 0 Å². The van der Waals surface area contributed by atoms with Crippen LogP contribution in [0, 0.1) is 35.5 Å². The van der Waals surface area contributed by atoms with E-state index in [-0.39, 0.29) is 35.9 Å². The molecule has 7 heteroatoms. The van der Waals surface area contributed by atoms with E-state index in [1.54, 1.807) is 12.2 Å². The van der Waals surface area contributed by atoms with Crippen molar-refractivity contribution in [3.05, 3.63) is 94.1 Å². The maximum atomic E-state index is 13.8. The van der Waals surface area contributed by atoms with Crippen LogP contribution in [0.4, 0.5) is 0 Å². The Morgan fingerprint density at radius 3 is 2.52 bits per heavy atom. The van der Waals surface area contributed by atoms with Crippen molar-refractivity contribution in [1.29, 1.82) is 0 Å². The molecule has 0 amide bonds. The minimum absolute atomic E-state index is 0.00151. The summed E-state index contributed by atoms with van der Waals surface area (Å²) in [6, 6.07) is 14.1. The number of carbonyl (C=O) groups excluding carboxylic acids is 2. The molecule has 44 heavy (non-hydrogen) atoms. The van der Waals surface area contributed by atoms with E-state index in [1.165, 1.54) is 0 Å². The van der Waals surface area contributed by atoms with Crippen molar-refractivity contribution in [2.45, 2.75) is 83.6 Å². The molecule has 7 rings (SSSR count). The first-order valence-electron chi connectivity index (χ1n) is 15.9. The van der Waals surface area contributed by atoms with Crippen molar-refractivity contribution in [1.82, 2.24) is 0 Å². The normalized spacial score (nSPS) is 38.9. The largest absolute Gasteiger partial charge is 0.393 e. The van der Waals surface area contributed by atoms with Gasteiger partial charge in [-0.15, -0.1) is 0 Å². The second-order valence-corrected chi connectivity index (χ2v) is 14.2. The highest BCUT2D eigenvalue weighted by molar-refractivity contribution is 6.01. The van der Waals surface area contributed by atoms with Gasteiger partial charge in [0.1, 0.15) is 6.61 Å². The maximum Gasteiger partial charge on any atom is 0.193 e. The lowest BCUT2D eigenvalue weighted by atomic mass is 9.46. The molecular weight excluding hydrogens is 556 g/mol. The number of rotatable bonds is 6. The van der Waals surface area contributed by atoms with Crippen LogP contribution in [0.2, 0.25) is 0 Å². The quantitative estimate of drug-likeness (QED) is 0.443. The number of aliphatic hydroxyl groups excluding tert-OH is 3. The predicted molar refractivity (Wildman–Crippen MR) is 163 cm³/mol. The van der Waals surface area contributed by atoms with E-state index in [2.05, 4.69) is 19.9 Å². The smallest absolute Gasteiger partial charge is 0.193 e. The molecule has 2 aromatic rings. The van der Waals surface area contributed by atoms with Gasteiger partial charge >= 0.3 is 0 Å². The lowest BCUT2D eigenvalue weighted by molar-refractivity contribution is -0.201. The molecule has 1 aliphatic heterocycles. The molecule has 1 saturated heterocycles. The minimum Gasteiger partial charge on any atom is -0.393 e. The van der Waals surface area contributed by atoms with E-state index in [1.807, 2.05) is 49.4 Å². The molecule has 232 valence electrons. The number of allylic oxidation sites excluding steroid dienone is 4. The second kappa shape index (κ2) is 10.6. The van der Waals surface area contributed by atoms with Crippen molar-refractivity contribution >= 4 is 11.6 Å². The first-order chi connectivity index (χ1) is 21.0. The van der Waals surface area contributed by atoms with Crippen molar-refractivity contribution < 1.29 is 34.4 Å². The lowest BCUT2D eigenvalue weighted by Crippen LogP contribution is -2.63. The lowest BCUT2D eigenvalue weighted by Gasteiger charge is -2.59. The summed E-state index contributed by atoms with van der Waals surface area (Å²) in [7, 11) is 0. The van der Waals surface area contributed by atoms with E-state index < -0.39 is 41.5 Å². The van der Waals surface area contributed by atoms with Crippen LogP contribution in [-0.2, 0) is 32.1 Å². The Morgan fingerprint density at radius 1 is 1.07 bits per heavy atom. The summed E-state index contributed by atoms with van der Waals surface area (Å²) >= 11 is 0. The number of aliphatic hydroxyl groups is 3. The highest BCUT2D eigenvalue weighted by atomic mass is 16.7. The number of ketones is 2. The van der Waals surface area contributed by atoms with Gasteiger partial charge in [0, 0.05) is 22.3 Å². The van der Waals surface area contributed by atoms with Gasteiger partial charge in [0.15, 0.2) is 23.5 Å². The monoisotopic (exact) mass is 598 g/mol. The molecule has 0 spiro atoms. The molecule has 2 aromatic carbocycles. The van der Waals surface area contributed by atoms with E-state index >= 15 is 0 Å². The van der Waals surface area contributed by atoms with E-state index in [9.17, 15) is 24.9 Å². The molecule has 5 aliphatic rings. The van der Waals surface area contributed by atoms with Gasteiger partial charge in [0.2, 0.25) is 0 Å². The van der Waals surface area contributed by atoms with Gasteiger partial charge in [-0.1, -0.05) is 68.0 Å². The fourth-order valence-electron chi connectivity index (χ4n) is 9.91. The molecule has 4 aliphatic carbocycles. The fraction of sp³-hybridized carbons (Fsp3) is 0.514. The van der Waals surface area contributed by atoms with Crippen molar-refractivity contribution in [2.24, 2.45) is 28.6 Å². The fourth-order valence-corrected chi connectivity index (χ4v) is 9.91. The summed E-state index contributed by atoms with van der Waals surface area (Å²) < 4.78 is 13.3. The van der Waals surface area contributed by atoms with Crippen LogP contribution in [0.25, 0.3) is 0 Å². The Hall–Kier alpha value is -2.94. The molecule has 0 bridgehead atoms. The standard InChI is InChI=1S/C37H42O7/c1-21-14-23(6-9-25(21)19-38)15-22-4-7-24(8-5-22)34-43-32-17-29-28-11-10-26-16-27(40)12-13-35(26,2)33(28)30(41)18-36(29,3)37(32,44-34)31(42)20-39/h4-9,12-14,16,28-30,32-34,38-39,41H,10-11,15,17-20H2,1-3H3/t28-,29-,30-,32+,33+,34+,35-,36-,37+/m0/s1. The second-order valence-electron chi connectivity index (χ2n) is 14.2. The molecule has 1 heterocycles. The molecule has 3 N–H and O–H groups in total. The van der Waals surface area contributed by atoms with Crippen LogP contribution in [0.3, 0.4) is 0 Å². The molecule has 0 radical (unpaired) electrons. The summed E-state index contributed by atoms with van der Waals surface area (Å²) in [5.41, 5.74) is 3.68.